The van der Waals surface area contributed by atoms with E-state index in [2.05, 4.69) is 27.7 Å². The van der Waals surface area contributed by atoms with Gasteiger partial charge in [-0.1, -0.05) is 33.3 Å². The monoisotopic (exact) mass is 428 g/mol. The Morgan fingerprint density at radius 3 is 2.61 bits per heavy atom. The molecule has 1 N–H and O–H groups in total. The van der Waals surface area contributed by atoms with Crippen molar-refractivity contribution in [1.82, 2.24) is 0 Å². The van der Waals surface area contributed by atoms with Gasteiger partial charge in [-0.3, -0.25) is 4.79 Å². The maximum Gasteiger partial charge on any atom is 0.171 e. The molecule has 0 aromatic heterocycles. The third-order valence-corrected chi connectivity index (χ3v) is 11.2. The lowest BCUT2D eigenvalue weighted by Gasteiger charge is -2.57. The average molecular weight is 429 g/mol. The number of hydrogen-bond donors (Lipinski definition) is 1. The SMILES string of the molecule is CC1CCC2(OC1)O[C@H]1CC3C4C(=O)C=C5C[C@@H](O)CC[C@]5(C)C4CC[C@]3(C)C1[C@@H]2C. The zero-order valence-electron chi connectivity index (χ0n) is 19.7. The maximum atomic E-state index is 13.5. The summed E-state index contributed by atoms with van der Waals surface area (Å²) in [6.07, 6.45) is 10.0. The molecule has 6 aliphatic rings. The predicted octanol–water partition coefficient (Wildman–Crippen LogP) is 4.89. The van der Waals surface area contributed by atoms with E-state index in [1.807, 2.05) is 6.08 Å². The van der Waals surface area contributed by atoms with Crippen molar-refractivity contribution in [1.29, 1.82) is 0 Å². The van der Waals surface area contributed by atoms with Crippen molar-refractivity contribution in [2.24, 2.45) is 46.3 Å². The van der Waals surface area contributed by atoms with Crippen LogP contribution in [0.5, 0.6) is 0 Å². The highest BCUT2D eigenvalue weighted by atomic mass is 16.7. The Bertz CT molecular complexity index is 810. The zero-order chi connectivity index (χ0) is 21.8. The molecule has 0 aromatic rings. The highest BCUT2D eigenvalue weighted by molar-refractivity contribution is 5.94. The van der Waals surface area contributed by atoms with E-state index in [-0.39, 0.29) is 34.7 Å². The molecule has 5 fully saturated rings. The normalized spacial score (nSPS) is 58.4. The summed E-state index contributed by atoms with van der Waals surface area (Å²) in [7, 11) is 0. The molecule has 3 saturated carbocycles. The molecule has 4 aliphatic carbocycles. The molecule has 0 aromatic carbocycles. The van der Waals surface area contributed by atoms with E-state index < -0.39 is 0 Å². The van der Waals surface area contributed by atoms with Crippen LogP contribution in [0.2, 0.25) is 0 Å². The minimum atomic E-state index is -0.387. The molecule has 0 bridgehead atoms. The average Bonchev–Trinajstić information content (AvgIpc) is 3.16. The molecule has 6 unspecified atom stereocenters. The zero-order valence-corrected chi connectivity index (χ0v) is 19.7. The van der Waals surface area contributed by atoms with Crippen molar-refractivity contribution in [2.75, 3.05) is 6.61 Å². The highest BCUT2D eigenvalue weighted by Crippen LogP contribution is 2.70. The molecule has 2 saturated heterocycles. The smallest absolute Gasteiger partial charge is 0.171 e. The number of aliphatic hydroxyl groups is 1. The van der Waals surface area contributed by atoms with Crippen LogP contribution in [0.4, 0.5) is 0 Å². The van der Waals surface area contributed by atoms with Crippen molar-refractivity contribution in [3.05, 3.63) is 11.6 Å². The third kappa shape index (κ3) is 2.68. The summed E-state index contributed by atoms with van der Waals surface area (Å²) in [4.78, 5) is 13.5. The quantitative estimate of drug-likeness (QED) is 0.597. The Morgan fingerprint density at radius 2 is 1.87 bits per heavy atom. The van der Waals surface area contributed by atoms with Crippen LogP contribution in [0, 0.1) is 46.3 Å². The van der Waals surface area contributed by atoms with Crippen LogP contribution in [0.3, 0.4) is 0 Å². The topological polar surface area (TPSA) is 55.8 Å². The summed E-state index contributed by atoms with van der Waals surface area (Å²) in [5, 5.41) is 10.2. The number of ketones is 1. The Balaban J connectivity index is 1.32. The van der Waals surface area contributed by atoms with Crippen LogP contribution in [-0.2, 0) is 14.3 Å². The molecule has 1 spiro atoms. The first-order chi connectivity index (χ1) is 14.7. The van der Waals surface area contributed by atoms with Gasteiger partial charge in [-0.05, 0) is 85.5 Å². The second-order valence-corrected chi connectivity index (χ2v) is 12.6. The van der Waals surface area contributed by atoms with Gasteiger partial charge in [0, 0.05) is 18.3 Å². The Labute approximate surface area is 187 Å². The largest absolute Gasteiger partial charge is 0.393 e. The number of ether oxygens (including phenoxy) is 2. The van der Waals surface area contributed by atoms with Crippen LogP contribution in [-0.4, -0.2) is 35.5 Å². The number of carbonyl (C=O) groups excluding carboxylic acids is 1. The number of carbonyl (C=O) groups is 1. The van der Waals surface area contributed by atoms with Gasteiger partial charge in [-0.25, -0.2) is 0 Å². The summed E-state index contributed by atoms with van der Waals surface area (Å²) < 4.78 is 13.2. The maximum absolute atomic E-state index is 13.5. The third-order valence-electron chi connectivity index (χ3n) is 11.2. The van der Waals surface area contributed by atoms with Gasteiger partial charge in [0.05, 0.1) is 18.8 Å². The van der Waals surface area contributed by atoms with Crippen LogP contribution >= 0.6 is 0 Å². The first-order valence-corrected chi connectivity index (χ1v) is 12.9. The minimum absolute atomic E-state index is 0.0904. The lowest BCUT2D eigenvalue weighted by Crippen LogP contribution is -2.54. The standard InChI is InChI=1S/C27H40O4/c1-15-5-10-27(30-14-15)16(2)24-22(31-27)13-20-23-19(7-9-26(20,24)4)25(3)8-6-18(28)11-17(25)12-21(23)29/h12,15-16,18-20,22-24,28H,5-11,13-14H2,1-4H3/t15?,16-,18-,19?,20?,22-,23?,24?,25-,26-,27?/m0/s1. The minimum Gasteiger partial charge on any atom is -0.393 e. The molecule has 11 atom stereocenters. The number of rotatable bonds is 0. The first-order valence-electron chi connectivity index (χ1n) is 12.9. The molecule has 172 valence electrons. The van der Waals surface area contributed by atoms with Gasteiger partial charge in [-0.2, -0.15) is 0 Å². The second kappa shape index (κ2) is 6.67. The molecule has 4 nitrogen and oxygen atoms in total. The summed E-state index contributed by atoms with van der Waals surface area (Å²) in [5.74, 6) is 2.43. The number of fused-ring (bicyclic) bond motifs is 7. The molecular formula is C27H40O4. The van der Waals surface area contributed by atoms with Gasteiger partial charge in [0.1, 0.15) is 0 Å². The van der Waals surface area contributed by atoms with E-state index >= 15 is 0 Å². The Kier molecular flexibility index (Phi) is 4.49. The van der Waals surface area contributed by atoms with Crippen LogP contribution in [0.15, 0.2) is 11.6 Å². The molecular weight excluding hydrogens is 388 g/mol. The number of hydrogen-bond acceptors (Lipinski definition) is 4. The van der Waals surface area contributed by atoms with Gasteiger partial charge >= 0.3 is 0 Å². The molecule has 4 heteroatoms. The van der Waals surface area contributed by atoms with Crippen LogP contribution < -0.4 is 0 Å². The lowest BCUT2D eigenvalue weighted by molar-refractivity contribution is -0.272. The summed E-state index contributed by atoms with van der Waals surface area (Å²) in [5.41, 5.74) is 1.48. The first kappa shape index (κ1) is 20.9. The van der Waals surface area contributed by atoms with Gasteiger partial charge in [0.25, 0.3) is 0 Å². The highest BCUT2D eigenvalue weighted by Gasteiger charge is 2.69. The Morgan fingerprint density at radius 1 is 1.06 bits per heavy atom. The second-order valence-electron chi connectivity index (χ2n) is 12.6. The summed E-state index contributed by atoms with van der Waals surface area (Å²) >= 11 is 0. The molecule has 2 heterocycles. The van der Waals surface area contributed by atoms with E-state index in [4.69, 9.17) is 9.47 Å². The Hall–Kier alpha value is -0.710. The van der Waals surface area contributed by atoms with E-state index in [1.54, 1.807) is 0 Å². The fraction of sp³-hybridized carbons (Fsp3) is 0.889. The predicted molar refractivity (Wildman–Crippen MR) is 118 cm³/mol. The van der Waals surface area contributed by atoms with Gasteiger partial charge < -0.3 is 14.6 Å². The van der Waals surface area contributed by atoms with Gasteiger partial charge in [0.15, 0.2) is 11.6 Å². The lowest BCUT2D eigenvalue weighted by atomic mass is 9.46. The van der Waals surface area contributed by atoms with E-state index in [0.29, 0.717) is 41.8 Å². The molecule has 2 aliphatic heterocycles. The number of allylic oxidation sites excluding steroid dienone is 1. The fourth-order valence-corrected chi connectivity index (χ4v) is 9.41. The van der Waals surface area contributed by atoms with Crippen molar-refractivity contribution in [3.8, 4) is 0 Å². The van der Waals surface area contributed by atoms with E-state index in [0.717, 1.165) is 38.7 Å². The van der Waals surface area contributed by atoms with Gasteiger partial charge in [-0.15, -0.1) is 0 Å². The van der Waals surface area contributed by atoms with E-state index in [1.165, 1.54) is 18.4 Å². The fourth-order valence-electron chi connectivity index (χ4n) is 9.41. The van der Waals surface area contributed by atoms with E-state index in [9.17, 15) is 9.90 Å². The molecule has 6 rings (SSSR count). The van der Waals surface area contributed by atoms with Gasteiger partial charge in [0.2, 0.25) is 0 Å². The molecule has 0 radical (unpaired) electrons. The van der Waals surface area contributed by atoms with Crippen molar-refractivity contribution >= 4 is 5.78 Å². The molecule has 0 amide bonds. The van der Waals surface area contributed by atoms with Crippen molar-refractivity contribution in [2.45, 2.75) is 97.1 Å². The van der Waals surface area contributed by atoms with Crippen LogP contribution in [0.25, 0.3) is 0 Å². The number of aliphatic hydroxyl groups excluding tert-OH is 1. The van der Waals surface area contributed by atoms with Crippen molar-refractivity contribution in [3.63, 3.8) is 0 Å². The van der Waals surface area contributed by atoms with Crippen LogP contribution in [0.1, 0.15) is 79.1 Å². The van der Waals surface area contributed by atoms with Crippen molar-refractivity contribution < 1.29 is 19.4 Å². The molecule has 31 heavy (non-hydrogen) atoms. The summed E-state index contributed by atoms with van der Waals surface area (Å²) in [6.45, 7) is 10.3. The summed E-state index contributed by atoms with van der Waals surface area (Å²) in [6, 6.07) is 0.